The van der Waals surface area contributed by atoms with Gasteiger partial charge in [0.2, 0.25) is 0 Å². The number of hydrogen-bond acceptors (Lipinski definition) is 1. The second-order valence-electron chi connectivity index (χ2n) is 3.46. The van der Waals surface area contributed by atoms with Crippen molar-refractivity contribution in [2.24, 2.45) is 0 Å². The largest absolute Gasteiger partial charge is 0.338 e. The lowest BCUT2D eigenvalue weighted by Crippen LogP contribution is -2.40. The SMILES string of the molecule is CCCCCCNC(=O)N(CC)CC.Cl. The Balaban J connectivity index is 0. The van der Waals surface area contributed by atoms with Crippen LogP contribution in [-0.2, 0) is 0 Å². The standard InChI is InChI=1S/C11H24N2O.ClH/c1-4-7-8-9-10-12-11(14)13(5-2)6-3;/h4-10H2,1-3H3,(H,12,14);1H. The highest BCUT2D eigenvalue weighted by atomic mass is 35.5. The number of nitrogens with zero attached hydrogens (tertiary/aromatic N) is 1. The average molecular weight is 237 g/mol. The lowest BCUT2D eigenvalue weighted by atomic mass is 10.2. The molecule has 4 heteroatoms. The van der Waals surface area contributed by atoms with Crippen LogP contribution in [0.3, 0.4) is 0 Å². The highest BCUT2D eigenvalue weighted by Crippen LogP contribution is 1.97. The minimum atomic E-state index is 0. The molecule has 0 spiro atoms. The number of carbonyl (C=O) groups excluding carboxylic acids is 1. The van der Waals surface area contributed by atoms with Gasteiger partial charge in [0.15, 0.2) is 0 Å². The van der Waals surface area contributed by atoms with Crippen LogP contribution in [-0.4, -0.2) is 30.6 Å². The van der Waals surface area contributed by atoms with Gasteiger partial charge in [0, 0.05) is 19.6 Å². The minimum Gasteiger partial charge on any atom is -0.338 e. The molecule has 0 fully saturated rings. The Bertz CT molecular complexity index is 150. The summed E-state index contributed by atoms with van der Waals surface area (Å²) in [5.41, 5.74) is 0. The van der Waals surface area contributed by atoms with Gasteiger partial charge in [0.1, 0.15) is 0 Å². The van der Waals surface area contributed by atoms with Crippen molar-refractivity contribution in [3.8, 4) is 0 Å². The van der Waals surface area contributed by atoms with Crippen molar-refractivity contribution < 1.29 is 4.79 Å². The minimum absolute atomic E-state index is 0. The molecule has 0 unspecified atom stereocenters. The molecule has 2 amide bonds. The molecule has 1 N–H and O–H groups in total. The smallest absolute Gasteiger partial charge is 0.317 e. The molecule has 15 heavy (non-hydrogen) atoms. The first-order valence-corrected chi connectivity index (χ1v) is 5.79. The molecular weight excluding hydrogens is 212 g/mol. The van der Waals surface area contributed by atoms with Crippen molar-refractivity contribution >= 4 is 18.4 Å². The number of urea groups is 1. The van der Waals surface area contributed by atoms with E-state index in [0.717, 1.165) is 26.1 Å². The van der Waals surface area contributed by atoms with E-state index < -0.39 is 0 Å². The van der Waals surface area contributed by atoms with Crippen LogP contribution in [0.25, 0.3) is 0 Å². The van der Waals surface area contributed by atoms with Crippen molar-refractivity contribution in [3.05, 3.63) is 0 Å². The van der Waals surface area contributed by atoms with Gasteiger partial charge in [-0.2, -0.15) is 0 Å². The van der Waals surface area contributed by atoms with Crippen molar-refractivity contribution in [2.75, 3.05) is 19.6 Å². The van der Waals surface area contributed by atoms with E-state index in [1.54, 1.807) is 4.90 Å². The number of unbranched alkanes of at least 4 members (excludes halogenated alkanes) is 3. The number of hydrogen-bond donors (Lipinski definition) is 1. The molecule has 0 aromatic carbocycles. The quantitative estimate of drug-likeness (QED) is 0.677. The predicted molar refractivity (Wildman–Crippen MR) is 67.7 cm³/mol. The predicted octanol–water partition coefficient (Wildman–Crippen LogP) is 3.04. The van der Waals surface area contributed by atoms with Crippen molar-refractivity contribution in [3.63, 3.8) is 0 Å². The molecule has 0 saturated carbocycles. The van der Waals surface area contributed by atoms with E-state index in [4.69, 9.17) is 0 Å². The van der Waals surface area contributed by atoms with Crippen LogP contribution in [0.1, 0.15) is 46.5 Å². The van der Waals surface area contributed by atoms with Crippen molar-refractivity contribution in [2.45, 2.75) is 46.5 Å². The maximum absolute atomic E-state index is 11.5. The number of carbonyl (C=O) groups is 1. The lowest BCUT2D eigenvalue weighted by molar-refractivity contribution is 0.203. The summed E-state index contributed by atoms with van der Waals surface area (Å²) in [7, 11) is 0. The molecule has 0 rings (SSSR count). The summed E-state index contributed by atoms with van der Waals surface area (Å²) < 4.78 is 0. The van der Waals surface area contributed by atoms with E-state index in [-0.39, 0.29) is 18.4 Å². The molecule has 0 bridgehead atoms. The lowest BCUT2D eigenvalue weighted by Gasteiger charge is -2.19. The number of rotatable bonds is 7. The third-order valence-corrected chi connectivity index (χ3v) is 2.36. The van der Waals surface area contributed by atoms with Crippen molar-refractivity contribution in [1.82, 2.24) is 10.2 Å². The van der Waals surface area contributed by atoms with Crippen LogP contribution in [0.5, 0.6) is 0 Å². The van der Waals surface area contributed by atoms with E-state index >= 15 is 0 Å². The third kappa shape index (κ3) is 8.55. The van der Waals surface area contributed by atoms with Gasteiger partial charge in [-0.3, -0.25) is 0 Å². The summed E-state index contributed by atoms with van der Waals surface area (Å²) in [5, 5.41) is 2.93. The Morgan fingerprint density at radius 1 is 1.07 bits per heavy atom. The normalized spacial score (nSPS) is 9.27. The Kier molecular flexibility index (Phi) is 13.2. The monoisotopic (exact) mass is 236 g/mol. The first kappa shape index (κ1) is 17.0. The molecule has 92 valence electrons. The zero-order chi connectivity index (χ0) is 10.8. The van der Waals surface area contributed by atoms with Gasteiger partial charge >= 0.3 is 6.03 Å². The fourth-order valence-corrected chi connectivity index (χ4v) is 1.37. The summed E-state index contributed by atoms with van der Waals surface area (Å²) >= 11 is 0. The summed E-state index contributed by atoms with van der Waals surface area (Å²) in [6.45, 7) is 8.58. The number of nitrogens with one attached hydrogen (secondary N) is 1. The zero-order valence-corrected chi connectivity index (χ0v) is 11.0. The summed E-state index contributed by atoms with van der Waals surface area (Å²) in [6.07, 6.45) is 4.82. The maximum atomic E-state index is 11.5. The Labute approximate surface area is 100 Å². The highest BCUT2D eigenvalue weighted by Gasteiger charge is 2.06. The maximum Gasteiger partial charge on any atom is 0.317 e. The molecule has 0 heterocycles. The van der Waals surface area contributed by atoms with Gasteiger partial charge in [-0.1, -0.05) is 26.2 Å². The van der Waals surface area contributed by atoms with Crippen LogP contribution >= 0.6 is 12.4 Å². The second-order valence-corrected chi connectivity index (χ2v) is 3.46. The molecule has 0 radical (unpaired) electrons. The van der Waals surface area contributed by atoms with Crippen LogP contribution in [0.15, 0.2) is 0 Å². The summed E-state index contributed by atoms with van der Waals surface area (Å²) in [6, 6.07) is 0.0755. The van der Waals surface area contributed by atoms with E-state index in [9.17, 15) is 4.79 Å². The van der Waals surface area contributed by atoms with Crippen LogP contribution in [0.2, 0.25) is 0 Å². The topological polar surface area (TPSA) is 32.3 Å². The second kappa shape index (κ2) is 11.6. The first-order valence-electron chi connectivity index (χ1n) is 5.79. The van der Waals surface area contributed by atoms with E-state index in [0.29, 0.717) is 0 Å². The van der Waals surface area contributed by atoms with Gasteiger partial charge in [0.05, 0.1) is 0 Å². The molecule has 3 nitrogen and oxygen atoms in total. The Hall–Kier alpha value is -0.440. The van der Waals surface area contributed by atoms with Crippen LogP contribution in [0, 0.1) is 0 Å². The molecular formula is C11H25ClN2O. The molecule has 0 aromatic rings. The van der Waals surface area contributed by atoms with Gasteiger partial charge in [-0.25, -0.2) is 4.79 Å². The highest BCUT2D eigenvalue weighted by molar-refractivity contribution is 5.85. The van der Waals surface area contributed by atoms with E-state index in [2.05, 4.69) is 12.2 Å². The summed E-state index contributed by atoms with van der Waals surface area (Å²) in [4.78, 5) is 13.3. The molecule has 0 saturated heterocycles. The average Bonchev–Trinajstić information content (AvgIpc) is 2.19. The number of amides is 2. The molecule has 0 aliphatic heterocycles. The van der Waals surface area contributed by atoms with Crippen molar-refractivity contribution in [1.29, 1.82) is 0 Å². The fraction of sp³-hybridized carbons (Fsp3) is 0.909. The fourth-order valence-electron chi connectivity index (χ4n) is 1.37. The van der Waals surface area contributed by atoms with E-state index in [1.165, 1.54) is 19.3 Å². The van der Waals surface area contributed by atoms with Gasteiger partial charge in [-0.05, 0) is 20.3 Å². The molecule has 0 aliphatic rings. The zero-order valence-electron chi connectivity index (χ0n) is 10.2. The van der Waals surface area contributed by atoms with Crippen LogP contribution < -0.4 is 5.32 Å². The summed E-state index contributed by atoms with van der Waals surface area (Å²) in [5.74, 6) is 0. The Morgan fingerprint density at radius 2 is 1.67 bits per heavy atom. The van der Waals surface area contributed by atoms with E-state index in [1.807, 2.05) is 13.8 Å². The van der Waals surface area contributed by atoms with Gasteiger partial charge in [-0.15, -0.1) is 12.4 Å². The third-order valence-electron chi connectivity index (χ3n) is 2.36. The first-order chi connectivity index (χ1) is 6.76. The molecule has 0 atom stereocenters. The Morgan fingerprint density at radius 3 is 2.13 bits per heavy atom. The molecule has 0 aromatic heterocycles. The van der Waals surface area contributed by atoms with Gasteiger partial charge in [0.25, 0.3) is 0 Å². The molecule has 0 aliphatic carbocycles. The van der Waals surface area contributed by atoms with Crippen LogP contribution in [0.4, 0.5) is 4.79 Å². The van der Waals surface area contributed by atoms with Gasteiger partial charge < -0.3 is 10.2 Å². The number of halogens is 1.